The number of halogens is 2. The second kappa shape index (κ2) is 7.45. The molecule has 21 heavy (non-hydrogen) atoms. The molecule has 114 valence electrons. The normalized spacial score (nSPS) is 11.8. The van der Waals surface area contributed by atoms with E-state index in [0.29, 0.717) is 23.0 Å². The minimum absolute atomic E-state index is 0. The quantitative estimate of drug-likeness (QED) is 0.875. The van der Waals surface area contributed by atoms with Crippen LogP contribution in [0, 0.1) is 6.92 Å². The average molecular weight is 331 g/mol. The molecule has 0 bridgehead atoms. The summed E-state index contributed by atoms with van der Waals surface area (Å²) in [6.45, 7) is 4.00. The molecule has 2 N–H and O–H groups in total. The van der Waals surface area contributed by atoms with E-state index in [1.165, 1.54) is 0 Å². The molecular formula is C14H16Cl2N2O3. The molecule has 2 rings (SSSR count). The van der Waals surface area contributed by atoms with Gasteiger partial charge in [0.2, 0.25) is 0 Å². The molecule has 0 fully saturated rings. The number of nitrogens with one attached hydrogen (secondary N) is 1. The van der Waals surface area contributed by atoms with Crippen molar-refractivity contribution >= 4 is 30.0 Å². The van der Waals surface area contributed by atoms with E-state index in [1.807, 2.05) is 25.1 Å². The van der Waals surface area contributed by atoms with E-state index >= 15 is 0 Å². The minimum Gasteiger partial charge on any atom is -0.477 e. The number of aryl methyl sites for hydroxylation is 1. The Morgan fingerprint density at radius 1 is 1.52 bits per heavy atom. The van der Waals surface area contributed by atoms with Gasteiger partial charge in [0.25, 0.3) is 0 Å². The molecule has 0 spiro atoms. The number of benzene rings is 1. The molecule has 2 aromatic rings. The first-order valence-electron chi connectivity index (χ1n) is 6.16. The molecule has 0 aliphatic carbocycles. The Balaban J connectivity index is 0.00000220. The van der Waals surface area contributed by atoms with Crippen LogP contribution in [0.1, 0.15) is 40.3 Å². The van der Waals surface area contributed by atoms with Crippen LogP contribution in [-0.4, -0.2) is 16.2 Å². The van der Waals surface area contributed by atoms with E-state index in [-0.39, 0.29) is 24.0 Å². The molecule has 1 heterocycles. The van der Waals surface area contributed by atoms with E-state index in [4.69, 9.17) is 21.2 Å². The zero-order chi connectivity index (χ0) is 14.7. The highest BCUT2D eigenvalue weighted by Gasteiger charge is 2.23. The Bertz CT molecular complexity index is 628. The number of hydrogen-bond donors (Lipinski definition) is 2. The lowest BCUT2D eigenvalue weighted by molar-refractivity contribution is 0.0692. The standard InChI is InChI=1S/C14H15ClN2O3.ClH/c1-8-12(14(18)19)13(20-17-8)9(2)16-7-10-4-3-5-11(15)6-10;/h3-6,9,16H,7H2,1-2H3,(H,18,19);1H/t9-;/m1./s1. The number of rotatable bonds is 5. The maximum Gasteiger partial charge on any atom is 0.341 e. The summed E-state index contributed by atoms with van der Waals surface area (Å²) < 4.78 is 5.11. The summed E-state index contributed by atoms with van der Waals surface area (Å²) in [7, 11) is 0. The monoisotopic (exact) mass is 330 g/mol. The Morgan fingerprint density at radius 2 is 2.24 bits per heavy atom. The van der Waals surface area contributed by atoms with Gasteiger partial charge in [-0.05, 0) is 31.5 Å². The van der Waals surface area contributed by atoms with Gasteiger partial charge in [0.05, 0.1) is 11.7 Å². The van der Waals surface area contributed by atoms with Gasteiger partial charge in [0.15, 0.2) is 5.76 Å². The average Bonchev–Trinajstić information content (AvgIpc) is 2.78. The Labute approximate surface area is 133 Å². The van der Waals surface area contributed by atoms with Crippen molar-refractivity contribution in [3.05, 3.63) is 51.9 Å². The van der Waals surface area contributed by atoms with Crippen molar-refractivity contribution in [3.63, 3.8) is 0 Å². The predicted octanol–water partition coefficient (Wildman–Crippen LogP) is 3.61. The molecule has 0 amide bonds. The lowest BCUT2D eigenvalue weighted by atomic mass is 10.1. The molecule has 0 radical (unpaired) electrons. The number of aromatic nitrogens is 1. The maximum atomic E-state index is 11.2. The van der Waals surface area contributed by atoms with Gasteiger partial charge >= 0.3 is 5.97 Å². The van der Waals surface area contributed by atoms with Crippen molar-refractivity contribution in [2.24, 2.45) is 0 Å². The SMILES string of the molecule is Cc1noc([C@@H](C)NCc2cccc(Cl)c2)c1C(=O)O.Cl. The zero-order valence-corrected chi connectivity index (χ0v) is 13.2. The van der Waals surface area contributed by atoms with Crippen molar-refractivity contribution < 1.29 is 14.4 Å². The lowest BCUT2D eigenvalue weighted by Gasteiger charge is -2.11. The lowest BCUT2D eigenvalue weighted by Crippen LogP contribution is -2.19. The van der Waals surface area contributed by atoms with Gasteiger partial charge in [-0.3, -0.25) is 0 Å². The Morgan fingerprint density at radius 3 is 2.86 bits per heavy atom. The van der Waals surface area contributed by atoms with Crippen molar-refractivity contribution in [1.82, 2.24) is 10.5 Å². The summed E-state index contributed by atoms with van der Waals surface area (Å²) in [6.07, 6.45) is 0. The second-order valence-corrected chi connectivity index (χ2v) is 4.98. The molecular weight excluding hydrogens is 315 g/mol. The van der Waals surface area contributed by atoms with Crippen LogP contribution in [0.2, 0.25) is 5.02 Å². The summed E-state index contributed by atoms with van der Waals surface area (Å²) in [5.74, 6) is -0.702. The number of aromatic carboxylic acids is 1. The fourth-order valence-corrected chi connectivity index (χ4v) is 2.17. The minimum atomic E-state index is -1.03. The molecule has 1 atom stereocenters. The third-order valence-corrected chi connectivity index (χ3v) is 3.23. The van der Waals surface area contributed by atoms with Gasteiger partial charge in [-0.2, -0.15) is 0 Å². The van der Waals surface area contributed by atoms with Crippen LogP contribution in [0.4, 0.5) is 0 Å². The third kappa shape index (κ3) is 4.20. The fraction of sp³-hybridized carbons (Fsp3) is 0.286. The van der Waals surface area contributed by atoms with Gasteiger partial charge < -0.3 is 14.9 Å². The van der Waals surface area contributed by atoms with Gasteiger partial charge in [-0.15, -0.1) is 12.4 Å². The molecule has 0 saturated carbocycles. The Hall–Kier alpha value is -1.56. The van der Waals surface area contributed by atoms with Gasteiger partial charge in [0, 0.05) is 11.6 Å². The van der Waals surface area contributed by atoms with Crippen LogP contribution in [-0.2, 0) is 6.54 Å². The summed E-state index contributed by atoms with van der Waals surface area (Å²) in [6, 6.07) is 7.20. The van der Waals surface area contributed by atoms with E-state index in [1.54, 1.807) is 13.0 Å². The number of hydrogen-bond acceptors (Lipinski definition) is 4. The predicted molar refractivity (Wildman–Crippen MR) is 82.2 cm³/mol. The van der Waals surface area contributed by atoms with Gasteiger partial charge in [-0.25, -0.2) is 4.79 Å². The highest BCUT2D eigenvalue weighted by molar-refractivity contribution is 6.30. The largest absolute Gasteiger partial charge is 0.477 e. The molecule has 0 aliphatic rings. The van der Waals surface area contributed by atoms with Crippen LogP contribution >= 0.6 is 24.0 Å². The van der Waals surface area contributed by atoms with Crippen LogP contribution in [0.25, 0.3) is 0 Å². The summed E-state index contributed by atoms with van der Waals surface area (Å²) in [5.41, 5.74) is 1.51. The van der Waals surface area contributed by atoms with E-state index < -0.39 is 5.97 Å². The van der Waals surface area contributed by atoms with Crippen LogP contribution in [0.15, 0.2) is 28.8 Å². The van der Waals surface area contributed by atoms with Crippen LogP contribution in [0.5, 0.6) is 0 Å². The first-order chi connectivity index (χ1) is 9.49. The first-order valence-corrected chi connectivity index (χ1v) is 6.54. The Kier molecular flexibility index (Phi) is 6.20. The molecule has 5 nitrogen and oxygen atoms in total. The fourth-order valence-electron chi connectivity index (χ4n) is 1.95. The second-order valence-electron chi connectivity index (χ2n) is 4.54. The molecule has 0 aliphatic heterocycles. The van der Waals surface area contributed by atoms with Crippen molar-refractivity contribution in [1.29, 1.82) is 0 Å². The van der Waals surface area contributed by atoms with Crippen molar-refractivity contribution in [3.8, 4) is 0 Å². The molecule has 1 aromatic carbocycles. The van der Waals surface area contributed by atoms with E-state index in [0.717, 1.165) is 5.56 Å². The summed E-state index contributed by atoms with van der Waals surface area (Å²) in [5, 5.41) is 16.7. The topological polar surface area (TPSA) is 75.4 Å². The highest BCUT2D eigenvalue weighted by Crippen LogP contribution is 2.21. The van der Waals surface area contributed by atoms with E-state index in [9.17, 15) is 4.79 Å². The van der Waals surface area contributed by atoms with Gasteiger partial charge in [-0.1, -0.05) is 28.9 Å². The number of nitrogens with zero attached hydrogens (tertiary/aromatic N) is 1. The summed E-state index contributed by atoms with van der Waals surface area (Å²) in [4.78, 5) is 11.2. The summed E-state index contributed by atoms with van der Waals surface area (Å²) >= 11 is 5.91. The number of carbonyl (C=O) groups is 1. The van der Waals surface area contributed by atoms with Gasteiger partial charge in [0.1, 0.15) is 5.56 Å². The number of carboxylic acids is 1. The maximum absolute atomic E-state index is 11.2. The van der Waals surface area contributed by atoms with Crippen molar-refractivity contribution in [2.45, 2.75) is 26.4 Å². The first kappa shape index (κ1) is 17.5. The molecule has 7 heteroatoms. The van der Waals surface area contributed by atoms with Crippen LogP contribution < -0.4 is 5.32 Å². The van der Waals surface area contributed by atoms with E-state index in [2.05, 4.69) is 10.5 Å². The smallest absolute Gasteiger partial charge is 0.341 e. The molecule has 0 unspecified atom stereocenters. The number of carboxylic acid groups (broad SMARTS) is 1. The zero-order valence-electron chi connectivity index (χ0n) is 11.6. The van der Waals surface area contributed by atoms with Crippen molar-refractivity contribution in [2.75, 3.05) is 0 Å². The third-order valence-electron chi connectivity index (χ3n) is 3.00. The molecule has 1 aromatic heterocycles. The molecule has 0 saturated heterocycles. The van der Waals surface area contributed by atoms with Crippen LogP contribution in [0.3, 0.4) is 0 Å². The highest BCUT2D eigenvalue weighted by atomic mass is 35.5.